The van der Waals surface area contributed by atoms with Crippen molar-refractivity contribution in [2.45, 2.75) is 43.6 Å². The molecule has 2 N–H and O–H groups in total. The van der Waals surface area contributed by atoms with Gasteiger partial charge in [-0.2, -0.15) is 0 Å². The quantitative estimate of drug-likeness (QED) is 0.785. The number of nitrogens with one attached hydrogen (secondary N) is 2. The van der Waals surface area contributed by atoms with E-state index >= 15 is 0 Å². The average molecular weight is 363 g/mol. The van der Waals surface area contributed by atoms with Crippen molar-refractivity contribution in [3.8, 4) is 0 Å². The second kappa shape index (κ2) is 8.56. The minimum atomic E-state index is -0.0234. The van der Waals surface area contributed by atoms with Gasteiger partial charge in [-0.05, 0) is 41.0 Å². The minimum absolute atomic E-state index is 0. The molecule has 0 aromatic heterocycles. The van der Waals surface area contributed by atoms with Crippen LogP contribution in [-0.2, 0) is 19.6 Å². The van der Waals surface area contributed by atoms with E-state index in [0.29, 0.717) is 17.4 Å². The van der Waals surface area contributed by atoms with Gasteiger partial charge in [-0.15, -0.1) is 24.2 Å². The lowest BCUT2D eigenvalue weighted by atomic mass is 10.1. The van der Waals surface area contributed by atoms with Gasteiger partial charge in [-0.25, -0.2) is 0 Å². The van der Waals surface area contributed by atoms with Crippen molar-refractivity contribution >= 4 is 30.1 Å². The highest BCUT2D eigenvalue weighted by molar-refractivity contribution is 7.99. The molecule has 3 nitrogen and oxygen atoms in total. The van der Waals surface area contributed by atoms with Crippen LogP contribution in [0.15, 0.2) is 47.4 Å². The molecule has 5 heteroatoms. The summed E-state index contributed by atoms with van der Waals surface area (Å²) in [6, 6.07) is 14.2. The monoisotopic (exact) mass is 362 g/mol. The number of hydrogen-bond donors (Lipinski definition) is 2. The van der Waals surface area contributed by atoms with Crippen LogP contribution in [0.4, 0.5) is 0 Å². The summed E-state index contributed by atoms with van der Waals surface area (Å²) in [6.45, 7) is 6.76. The number of fused-ring (bicyclic) bond motifs is 1. The standard InChI is InChI=1S/C19H22N2OS.ClH/c1-13(2)23-18-7-5-15(6-8-18)19(22)21-10-14-3-4-16-11-20-12-17(16)9-14;/h3-9,13,20H,10-12H2,1-2H3,(H,21,22);1H. The molecule has 2 aromatic rings. The Bertz CT molecular complexity index is 701. The van der Waals surface area contributed by atoms with Crippen LogP contribution < -0.4 is 10.6 Å². The first-order valence-corrected chi connectivity index (χ1v) is 8.86. The summed E-state index contributed by atoms with van der Waals surface area (Å²) < 4.78 is 0. The van der Waals surface area contributed by atoms with Gasteiger partial charge in [0.15, 0.2) is 0 Å². The Morgan fingerprint density at radius 1 is 1.12 bits per heavy atom. The molecule has 0 unspecified atom stereocenters. The van der Waals surface area contributed by atoms with E-state index in [4.69, 9.17) is 0 Å². The van der Waals surface area contributed by atoms with Crippen molar-refractivity contribution in [1.29, 1.82) is 0 Å². The molecule has 24 heavy (non-hydrogen) atoms. The van der Waals surface area contributed by atoms with Gasteiger partial charge in [-0.1, -0.05) is 32.0 Å². The molecule has 0 saturated heterocycles. The van der Waals surface area contributed by atoms with Crippen LogP contribution in [0.2, 0.25) is 0 Å². The van der Waals surface area contributed by atoms with E-state index in [9.17, 15) is 4.79 Å². The maximum atomic E-state index is 12.3. The fourth-order valence-electron chi connectivity index (χ4n) is 2.70. The fourth-order valence-corrected chi connectivity index (χ4v) is 3.54. The summed E-state index contributed by atoms with van der Waals surface area (Å²) >= 11 is 1.80. The molecule has 0 spiro atoms. The SMILES string of the molecule is CC(C)Sc1ccc(C(=O)NCc2ccc3c(c2)CNC3)cc1.Cl. The van der Waals surface area contributed by atoms with Crippen LogP contribution in [0, 0.1) is 0 Å². The Labute approximate surface area is 154 Å². The van der Waals surface area contributed by atoms with Gasteiger partial charge in [0.05, 0.1) is 0 Å². The number of carbonyl (C=O) groups is 1. The number of hydrogen-bond acceptors (Lipinski definition) is 3. The van der Waals surface area contributed by atoms with E-state index in [2.05, 4.69) is 42.7 Å². The number of thioether (sulfide) groups is 1. The fraction of sp³-hybridized carbons (Fsp3) is 0.316. The maximum Gasteiger partial charge on any atom is 0.251 e. The molecule has 1 amide bonds. The summed E-state index contributed by atoms with van der Waals surface area (Å²) in [6.07, 6.45) is 0. The predicted molar refractivity (Wildman–Crippen MR) is 103 cm³/mol. The number of benzene rings is 2. The summed E-state index contributed by atoms with van der Waals surface area (Å²) in [5.41, 5.74) is 4.55. The van der Waals surface area contributed by atoms with Crippen molar-refractivity contribution in [2.75, 3.05) is 0 Å². The Morgan fingerprint density at radius 3 is 2.54 bits per heavy atom. The minimum Gasteiger partial charge on any atom is -0.348 e. The Kier molecular flexibility index (Phi) is 6.72. The van der Waals surface area contributed by atoms with Gasteiger partial charge < -0.3 is 10.6 Å². The lowest BCUT2D eigenvalue weighted by Crippen LogP contribution is -2.22. The number of rotatable bonds is 5. The zero-order chi connectivity index (χ0) is 16.2. The summed E-state index contributed by atoms with van der Waals surface area (Å²) in [4.78, 5) is 13.5. The van der Waals surface area contributed by atoms with Gasteiger partial charge in [0.25, 0.3) is 5.91 Å². The molecular weight excluding hydrogens is 340 g/mol. The normalized spacial score (nSPS) is 12.6. The predicted octanol–water partition coefficient (Wildman–Crippen LogP) is 4.14. The molecule has 1 aliphatic heterocycles. The topological polar surface area (TPSA) is 41.1 Å². The van der Waals surface area contributed by atoms with Crippen LogP contribution in [0.5, 0.6) is 0 Å². The van der Waals surface area contributed by atoms with Gasteiger partial charge in [0.1, 0.15) is 0 Å². The summed E-state index contributed by atoms with van der Waals surface area (Å²) in [7, 11) is 0. The van der Waals surface area contributed by atoms with E-state index in [-0.39, 0.29) is 18.3 Å². The molecule has 0 bridgehead atoms. The first-order valence-electron chi connectivity index (χ1n) is 7.98. The molecular formula is C19H23ClN2OS. The highest BCUT2D eigenvalue weighted by Gasteiger charge is 2.11. The molecule has 128 valence electrons. The van der Waals surface area contributed by atoms with Gasteiger partial charge >= 0.3 is 0 Å². The Morgan fingerprint density at radius 2 is 1.83 bits per heavy atom. The van der Waals surface area contributed by atoms with Crippen LogP contribution in [0.3, 0.4) is 0 Å². The molecule has 0 atom stereocenters. The lowest BCUT2D eigenvalue weighted by molar-refractivity contribution is 0.0951. The number of halogens is 1. The highest BCUT2D eigenvalue weighted by atomic mass is 35.5. The van der Waals surface area contributed by atoms with E-state index < -0.39 is 0 Å². The highest BCUT2D eigenvalue weighted by Crippen LogP contribution is 2.23. The summed E-state index contributed by atoms with van der Waals surface area (Å²) in [5, 5.41) is 6.88. The van der Waals surface area contributed by atoms with Gasteiger partial charge in [0, 0.05) is 35.3 Å². The van der Waals surface area contributed by atoms with Crippen molar-refractivity contribution in [1.82, 2.24) is 10.6 Å². The zero-order valence-corrected chi connectivity index (χ0v) is 15.6. The van der Waals surface area contributed by atoms with Crippen molar-refractivity contribution in [3.63, 3.8) is 0 Å². The van der Waals surface area contributed by atoms with Crippen LogP contribution in [0.1, 0.15) is 40.9 Å². The molecule has 0 radical (unpaired) electrons. The van der Waals surface area contributed by atoms with Crippen molar-refractivity contribution in [3.05, 3.63) is 64.7 Å². The molecule has 0 fully saturated rings. The second-order valence-electron chi connectivity index (χ2n) is 6.08. The molecule has 3 rings (SSSR count). The maximum absolute atomic E-state index is 12.3. The number of carbonyl (C=O) groups excluding carboxylic acids is 1. The smallest absolute Gasteiger partial charge is 0.251 e. The molecule has 0 saturated carbocycles. The van der Waals surface area contributed by atoms with Crippen LogP contribution in [-0.4, -0.2) is 11.2 Å². The third kappa shape index (κ3) is 4.76. The first-order chi connectivity index (χ1) is 11.1. The first kappa shape index (κ1) is 18.8. The number of amides is 1. The molecule has 2 aromatic carbocycles. The molecule has 1 heterocycles. The van der Waals surface area contributed by atoms with Crippen LogP contribution >= 0.6 is 24.2 Å². The Hall–Kier alpha value is -1.49. The van der Waals surface area contributed by atoms with E-state index in [0.717, 1.165) is 18.7 Å². The lowest BCUT2D eigenvalue weighted by Gasteiger charge is -2.08. The van der Waals surface area contributed by atoms with E-state index in [1.807, 2.05) is 24.3 Å². The molecule has 0 aliphatic carbocycles. The van der Waals surface area contributed by atoms with E-state index in [1.54, 1.807) is 11.8 Å². The van der Waals surface area contributed by atoms with Gasteiger partial charge in [-0.3, -0.25) is 4.79 Å². The second-order valence-corrected chi connectivity index (χ2v) is 7.73. The Balaban J connectivity index is 0.00000208. The van der Waals surface area contributed by atoms with Crippen molar-refractivity contribution in [2.24, 2.45) is 0 Å². The zero-order valence-electron chi connectivity index (χ0n) is 14.0. The van der Waals surface area contributed by atoms with E-state index in [1.165, 1.54) is 16.0 Å². The molecule has 1 aliphatic rings. The average Bonchev–Trinajstić information content (AvgIpc) is 3.00. The van der Waals surface area contributed by atoms with Crippen molar-refractivity contribution < 1.29 is 4.79 Å². The summed E-state index contributed by atoms with van der Waals surface area (Å²) in [5.74, 6) is -0.0234. The van der Waals surface area contributed by atoms with Crippen LogP contribution in [0.25, 0.3) is 0 Å². The third-order valence-electron chi connectivity index (χ3n) is 3.84. The largest absolute Gasteiger partial charge is 0.348 e. The van der Waals surface area contributed by atoms with Gasteiger partial charge in [0.2, 0.25) is 0 Å². The third-order valence-corrected chi connectivity index (χ3v) is 4.86.